The van der Waals surface area contributed by atoms with Crippen LogP contribution in [0.25, 0.3) is 0 Å². The second-order valence-corrected chi connectivity index (χ2v) is 11.9. The Labute approximate surface area is 227 Å². The summed E-state index contributed by atoms with van der Waals surface area (Å²) in [5.74, 6) is -0.542. The fourth-order valence-electron chi connectivity index (χ4n) is 3.71. The van der Waals surface area contributed by atoms with E-state index in [1.807, 2.05) is 38.1 Å². The first-order valence-electron chi connectivity index (χ1n) is 12.0. The smallest absolute Gasteiger partial charge is 0.264 e. The highest BCUT2D eigenvalue weighted by atomic mass is 79.9. The topological polar surface area (TPSA) is 86.8 Å². The predicted octanol–water partition coefficient (Wildman–Crippen LogP) is 4.83. The van der Waals surface area contributed by atoms with Crippen LogP contribution >= 0.6 is 15.9 Å². The van der Waals surface area contributed by atoms with Crippen molar-refractivity contribution in [3.8, 4) is 0 Å². The second kappa shape index (κ2) is 12.9. The normalized spacial score (nSPS) is 12.1. The third-order valence-corrected chi connectivity index (χ3v) is 8.03. The molecule has 0 unspecified atom stereocenters. The van der Waals surface area contributed by atoms with Gasteiger partial charge in [-0.15, -0.1) is 0 Å². The number of hydrogen-bond acceptors (Lipinski definition) is 4. The van der Waals surface area contributed by atoms with Gasteiger partial charge in [0.05, 0.1) is 10.6 Å². The number of carbonyl (C=O) groups is 2. The van der Waals surface area contributed by atoms with Crippen molar-refractivity contribution >= 4 is 43.5 Å². The van der Waals surface area contributed by atoms with Gasteiger partial charge in [0.2, 0.25) is 11.8 Å². The Bertz CT molecular complexity index is 1300. The summed E-state index contributed by atoms with van der Waals surface area (Å²) in [5.41, 5.74) is 1.17. The molecule has 1 atom stereocenters. The van der Waals surface area contributed by atoms with Gasteiger partial charge >= 0.3 is 0 Å². The van der Waals surface area contributed by atoms with Crippen molar-refractivity contribution in [1.29, 1.82) is 0 Å². The van der Waals surface area contributed by atoms with Crippen LogP contribution in [0.1, 0.15) is 26.3 Å². The Morgan fingerprint density at radius 1 is 0.892 bits per heavy atom. The van der Waals surface area contributed by atoms with Crippen molar-refractivity contribution in [1.82, 2.24) is 10.2 Å². The molecule has 3 aromatic rings. The van der Waals surface area contributed by atoms with Crippen LogP contribution in [-0.2, 0) is 26.2 Å². The van der Waals surface area contributed by atoms with Crippen LogP contribution in [0.5, 0.6) is 0 Å². The molecule has 0 fully saturated rings. The Balaban J connectivity index is 1.97. The fraction of sp³-hybridized carbons (Fsp3) is 0.286. The number of para-hydroxylation sites is 1. The molecule has 0 aliphatic carbocycles. The molecule has 0 aromatic heterocycles. The SMILES string of the molecule is CC(C)CNC(=O)[C@@H](C)N(Cc1cccc(Br)c1)C(=O)CN(c1ccccc1)S(=O)(=O)c1ccccc1. The minimum Gasteiger partial charge on any atom is -0.354 e. The molecule has 2 amide bonds. The lowest BCUT2D eigenvalue weighted by atomic mass is 10.1. The maximum absolute atomic E-state index is 13.8. The van der Waals surface area contributed by atoms with Gasteiger partial charge < -0.3 is 10.2 Å². The standard InChI is InChI=1S/C28H32BrN3O4S/c1-21(2)18-30-28(34)22(3)31(19-23-11-10-12-24(29)17-23)27(33)20-32(25-13-6-4-7-14-25)37(35,36)26-15-8-5-9-16-26/h4-17,21-22H,18-20H2,1-3H3,(H,30,34)/t22-/m1/s1. The molecular formula is C28H32BrN3O4S. The molecule has 3 aromatic carbocycles. The Morgan fingerprint density at radius 3 is 2.11 bits per heavy atom. The summed E-state index contributed by atoms with van der Waals surface area (Å²) >= 11 is 3.45. The average Bonchev–Trinajstić information content (AvgIpc) is 2.89. The Morgan fingerprint density at radius 2 is 1.51 bits per heavy atom. The van der Waals surface area contributed by atoms with Gasteiger partial charge in [-0.2, -0.15) is 0 Å². The predicted molar refractivity (Wildman–Crippen MR) is 149 cm³/mol. The summed E-state index contributed by atoms with van der Waals surface area (Å²) in [5, 5.41) is 2.88. The molecule has 0 aliphatic heterocycles. The number of halogens is 1. The summed E-state index contributed by atoms with van der Waals surface area (Å²) in [7, 11) is -4.05. The van der Waals surface area contributed by atoms with Crippen LogP contribution in [0.3, 0.4) is 0 Å². The molecular weight excluding hydrogens is 554 g/mol. The molecule has 0 heterocycles. The largest absolute Gasteiger partial charge is 0.354 e. The molecule has 9 heteroatoms. The molecule has 0 saturated heterocycles. The minimum absolute atomic E-state index is 0.0768. The van der Waals surface area contributed by atoms with Crippen molar-refractivity contribution < 1.29 is 18.0 Å². The maximum Gasteiger partial charge on any atom is 0.264 e. The molecule has 0 saturated carbocycles. The number of nitrogens with one attached hydrogen (secondary N) is 1. The number of anilines is 1. The molecule has 3 rings (SSSR count). The van der Waals surface area contributed by atoms with Crippen molar-refractivity contribution in [3.05, 3.63) is 95.0 Å². The van der Waals surface area contributed by atoms with E-state index < -0.39 is 28.5 Å². The van der Waals surface area contributed by atoms with E-state index in [9.17, 15) is 18.0 Å². The zero-order valence-electron chi connectivity index (χ0n) is 21.2. The van der Waals surface area contributed by atoms with Crippen molar-refractivity contribution in [2.24, 2.45) is 5.92 Å². The van der Waals surface area contributed by atoms with Gasteiger partial charge in [-0.1, -0.05) is 78.3 Å². The minimum atomic E-state index is -4.05. The zero-order chi connectivity index (χ0) is 27.0. The van der Waals surface area contributed by atoms with E-state index >= 15 is 0 Å². The van der Waals surface area contributed by atoms with Crippen LogP contribution in [-0.4, -0.2) is 44.3 Å². The van der Waals surface area contributed by atoms with E-state index in [1.165, 1.54) is 17.0 Å². The van der Waals surface area contributed by atoms with E-state index in [4.69, 9.17) is 0 Å². The van der Waals surface area contributed by atoms with Crippen LogP contribution in [0.4, 0.5) is 5.69 Å². The van der Waals surface area contributed by atoms with Crippen LogP contribution in [0.2, 0.25) is 0 Å². The number of carbonyl (C=O) groups excluding carboxylic acids is 2. The van der Waals surface area contributed by atoms with E-state index in [-0.39, 0.29) is 23.3 Å². The van der Waals surface area contributed by atoms with Gasteiger partial charge in [0.15, 0.2) is 0 Å². The van der Waals surface area contributed by atoms with Crippen LogP contribution in [0, 0.1) is 5.92 Å². The van der Waals surface area contributed by atoms with Crippen molar-refractivity contribution in [2.45, 2.75) is 38.3 Å². The van der Waals surface area contributed by atoms with E-state index in [1.54, 1.807) is 55.5 Å². The summed E-state index contributed by atoms with van der Waals surface area (Å²) in [6, 6.07) is 23.1. The first kappa shape index (κ1) is 28.4. The van der Waals surface area contributed by atoms with E-state index in [2.05, 4.69) is 21.2 Å². The number of rotatable bonds is 11. The summed E-state index contributed by atoms with van der Waals surface area (Å²) in [6.07, 6.45) is 0. The maximum atomic E-state index is 13.8. The van der Waals surface area contributed by atoms with Crippen LogP contribution < -0.4 is 9.62 Å². The molecule has 37 heavy (non-hydrogen) atoms. The van der Waals surface area contributed by atoms with Crippen molar-refractivity contribution in [2.75, 3.05) is 17.4 Å². The molecule has 0 spiro atoms. The lowest BCUT2D eigenvalue weighted by Crippen LogP contribution is -2.51. The quantitative estimate of drug-likeness (QED) is 0.349. The monoisotopic (exact) mass is 585 g/mol. The Kier molecular flexibility index (Phi) is 9.88. The third-order valence-electron chi connectivity index (χ3n) is 5.75. The highest BCUT2D eigenvalue weighted by Gasteiger charge is 2.32. The first-order chi connectivity index (χ1) is 17.6. The highest BCUT2D eigenvalue weighted by molar-refractivity contribution is 9.10. The van der Waals surface area contributed by atoms with E-state index in [0.717, 1.165) is 14.3 Å². The molecule has 0 aliphatic rings. The molecule has 0 radical (unpaired) electrons. The number of nitrogens with zero attached hydrogens (tertiary/aromatic N) is 2. The van der Waals surface area contributed by atoms with Gasteiger partial charge in [0.25, 0.3) is 10.0 Å². The number of hydrogen-bond donors (Lipinski definition) is 1. The van der Waals surface area contributed by atoms with Gasteiger partial charge in [0, 0.05) is 17.6 Å². The zero-order valence-corrected chi connectivity index (χ0v) is 23.6. The summed E-state index contributed by atoms with van der Waals surface area (Å²) in [4.78, 5) is 28.3. The van der Waals surface area contributed by atoms with Gasteiger partial charge in [-0.05, 0) is 54.8 Å². The molecule has 7 nitrogen and oxygen atoms in total. The first-order valence-corrected chi connectivity index (χ1v) is 14.3. The molecule has 0 bridgehead atoms. The molecule has 196 valence electrons. The second-order valence-electron chi connectivity index (χ2n) is 9.13. The number of amides is 2. The van der Waals surface area contributed by atoms with Crippen LogP contribution in [0.15, 0.2) is 94.3 Å². The summed E-state index contributed by atoms with van der Waals surface area (Å²) < 4.78 is 29.2. The average molecular weight is 587 g/mol. The Hall–Kier alpha value is -3.17. The summed E-state index contributed by atoms with van der Waals surface area (Å²) in [6.45, 7) is 5.79. The van der Waals surface area contributed by atoms with Gasteiger partial charge in [0.1, 0.15) is 12.6 Å². The fourth-order valence-corrected chi connectivity index (χ4v) is 5.59. The van der Waals surface area contributed by atoms with Gasteiger partial charge in [-0.3, -0.25) is 13.9 Å². The lowest BCUT2D eigenvalue weighted by Gasteiger charge is -2.32. The molecule has 1 N–H and O–H groups in total. The number of sulfonamides is 1. The third kappa shape index (κ3) is 7.66. The highest BCUT2D eigenvalue weighted by Crippen LogP contribution is 2.24. The number of benzene rings is 3. The lowest BCUT2D eigenvalue weighted by molar-refractivity contribution is -0.139. The van der Waals surface area contributed by atoms with Gasteiger partial charge in [-0.25, -0.2) is 8.42 Å². The van der Waals surface area contributed by atoms with Crippen molar-refractivity contribution in [3.63, 3.8) is 0 Å². The van der Waals surface area contributed by atoms with E-state index in [0.29, 0.717) is 12.2 Å².